The summed E-state index contributed by atoms with van der Waals surface area (Å²) in [6.07, 6.45) is 0.530. The van der Waals surface area contributed by atoms with E-state index in [0.29, 0.717) is 13.0 Å². The molecule has 0 spiro atoms. The summed E-state index contributed by atoms with van der Waals surface area (Å²) in [4.78, 5) is 0. The molecule has 2 N–H and O–H groups in total. The number of hydrogen-bond acceptors (Lipinski definition) is 4. The lowest BCUT2D eigenvalue weighted by Crippen LogP contribution is -2.25. The quantitative estimate of drug-likeness (QED) is 0.609. The first-order chi connectivity index (χ1) is 6.60. The molecule has 0 bridgehead atoms. The molecule has 0 saturated heterocycles. The van der Waals surface area contributed by atoms with Crippen LogP contribution in [0.25, 0.3) is 0 Å². The number of rotatable bonds is 8. The zero-order chi connectivity index (χ0) is 11.0. The molecule has 14 heavy (non-hydrogen) atoms. The summed E-state index contributed by atoms with van der Waals surface area (Å²) in [5, 5.41) is 17.4. The van der Waals surface area contributed by atoms with Gasteiger partial charge in [-0.2, -0.15) is 0 Å². The van der Waals surface area contributed by atoms with Gasteiger partial charge in [0.05, 0.1) is 31.5 Å². The molecular weight excluding hydrogens is 184 g/mol. The highest BCUT2D eigenvalue weighted by Crippen LogP contribution is 2.03. The third kappa shape index (κ3) is 7.26. The van der Waals surface area contributed by atoms with Crippen LogP contribution in [0.2, 0.25) is 0 Å². The van der Waals surface area contributed by atoms with Crippen LogP contribution in [0, 0.1) is 0 Å². The molecular formula is C10H22O4. The monoisotopic (exact) mass is 206 g/mol. The van der Waals surface area contributed by atoms with E-state index in [1.165, 1.54) is 0 Å². The smallest absolute Gasteiger partial charge is 0.0784 e. The maximum Gasteiger partial charge on any atom is 0.0784 e. The minimum atomic E-state index is -0.144. The van der Waals surface area contributed by atoms with E-state index in [9.17, 15) is 0 Å². The van der Waals surface area contributed by atoms with Crippen LogP contribution in [-0.4, -0.2) is 48.3 Å². The molecule has 3 unspecified atom stereocenters. The van der Waals surface area contributed by atoms with Crippen molar-refractivity contribution in [2.24, 2.45) is 0 Å². The van der Waals surface area contributed by atoms with E-state index in [1.807, 2.05) is 20.8 Å². The average molecular weight is 206 g/mol. The van der Waals surface area contributed by atoms with Crippen molar-refractivity contribution in [2.45, 2.75) is 45.5 Å². The summed E-state index contributed by atoms with van der Waals surface area (Å²) < 4.78 is 10.8. The van der Waals surface area contributed by atoms with Crippen molar-refractivity contribution in [1.82, 2.24) is 0 Å². The van der Waals surface area contributed by atoms with E-state index in [-0.39, 0.29) is 31.5 Å². The van der Waals surface area contributed by atoms with Crippen LogP contribution in [0.1, 0.15) is 27.2 Å². The second-order valence-electron chi connectivity index (χ2n) is 3.60. The zero-order valence-electron chi connectivity index (χ0n) is 9.27. The second-order valence-corrected chi connectivity index (χ2v) is 3.60. The molecule has 0 amide bonds. The highest BCUT2D eigenvalue weighted by molar-refractivity contribution is 4.56. The molecule has 0 fully saturated rings. The normalized spacial score (nSPS) is 17.8. The summed E-state index contributed by atoms with van der Waals surface area (Å²) in [6, 6.07) is 0. The summed E-state index contributed by atoms with van der Waals surface area (Å²) >= 11 is 0. The Hall–Kier alpha value is -0.160. The Kier molecular flexibility index (Phi) is 8.08. The van der Waals surface area contributed by atoms with Crippen molar-refractivity contribution in [3.63, 3.8) is 0 Å². The lowest BCUT2D eigenvalue weighted by molar-refractivity contribution is -0.0717. The summed E-state index contributed by atoms with van der Waals surface area (Å²) in [7, 11) is 0. The van der Waals surface area contributed by atoms with E-state index in [0.717, 1.165) is 0 Å². The van der Waals surface area contributed by atoms with Gasteiger partial charge in [-0.1, -0.05) is 0 Å². The summed E-state index contributed by atoms with van der Waals surface area (Å²) in [6.45, 7) is 6.28. The Morgan fingerprint density at radius 3 is 2.14 bits per heavy atom. The Bertz CT molecular complexity index is 129. The minimum Gasteiger partial charge on any atom is -0.396 e. The minimum absolute atomic E-state index is 0.00875. The van der Waals surface area contributed by atoms with Crippen molar-refractivity contribution in [3.05, 3.63) is 0 Å². The molecule has 0 aromatic heterocycles. The average Bonchev–Trinajstić information content (AvgIpc) is 2.14. The molecule has 0 heterocycles. The maximum absolute atomic E-state index is 8.71. The standard InChI is InChI=1S/C10H22O4/c1-8(4-5-11)14-10(3)7-13-9(2)6-12/h8-12H,4-7H2,1-3H3. The van der Waals surface area contributed by atoms with Crippen molar-refractivity contribution >= 4 is 0 Å². The second kappa shape index (κ2) is 8.17. The molecule has 0 aliphatic carbocycles. The lowest BCUT2D eigenvalue weighted by atomic mass is 10.3. The SMILES string of the molecule is CC(CO)OCC(C)OC(C)CCO. The van der Waals surface area contributed by atoms with E-state index in [2.05, 4.69) is 0 Å². The summed E-state index contributed by atoms with van der Waals surface area (Å²) in [5.74, 6) is 0. The Morgan fingerprint density at radius 1 is 1.00 bits per heavy atom. The topological polar surface area (TPSA) is 58.9 Å². The van der Waals surface area contributed by atoms with E-state index >= 15 is 0 Å². The molecule has 0 saturated carbocycles. The van der Waals surface area contributed by atoms with Crippen LogP contribution in [0.4, 0.5) is 0 Å². The molecule has 0 aliphatic heterocycles. The van der Waals surface area contributed by atoms with Crippen molar-refractivity contribution in [3.8, 4) is 0 Å². The van der Waals surface area contributed by atoms with E-state index in [4.69, 9.17) is 19.7 Å². The fraction of sp³-hybridized carbons (Fsp3) is 1.00. The van der Waals surface area contributed by atoms with Gasteiger partial charge >= 0.3 is 0 Å². The van der Waals surface area contributed by atoms with Crippen LogP contribution < -0.4 is 0 Å². The van der Waals surface area contributed by atoms with Gasteiger partial charge in [0.15, 0.2) is 0 Å². The molecule has 3 atom stereocenters. The first-order valence-corrected chi connectivity index (χ1v) is 5.09. The fourth-order valence-corrected chi connectivity index (χ4v) is 1.04. The van der Waals surface area contributed by atoms with Crippen LogP contribution in [0.15, 0.2) is 0 Å². The number of aliphatic hydroxyl groups excluding tert-OH is 2. The van der Waals surface area contributed by atoms with Gasteiger partial charge in [-0.15, -0.1) is 0 Å². The number of ether oxygens (including phenoxy) is 2. The Balaban J connectivity index is 3.49. The predicted octanol–water partition coefficient (Wildman–Crippen LogP) is 0.560. The van der Waals surface area contributed by atoms with E-state index < -0.39 is 0 Å². The van der Waals surface area contributed by atoms with Crippen LogP contribution >= 0.6 is 0 Å². The van der Waals surface area contributed by atoms with Gasteiger partial charge in [-0.3, -0.25) is 0 Å². The van der Waals surface area contributed by atoms with Crippen LogP contribution in [-0.2, 0) is 9.47 Å². The van der Waals surface area contributed by atoms with Gasteiger partial charge in [0.1, 0.15) is 0 Å². The highest BCUT2D eigenvalue weighted by Gasteiger charge is 2.09. The van der Waals surface area contributed by atoms with Gasteiger partial charge < -0.3 is 19.7 Å². The Morgan fingerprint density at radius 2 is 1.64 bits per heavy atom. The molecule has 4 heteroatoms. The molecule has 0 radical (unpaired) electrons. The van der Waals surface area contributed by atoms with Gasteiger partial charge in [0.2, 0.25) is 0 Å². The molecule has 0 aromatic rings. The molecule has 0 aliphatic rings. The highest BCUT2D eigenvalue weighted by atomic mass is 16.5. The maximum atomic E-state index is 8.71. The largest absolute Gasteiger partial charge is 0.396 e. The number of hydrogen-bond donors (Lipinski definition) is 2. The van der Waals surface area contributed by atoms with Gasteiger partial charge in [0.25, 0.3) is 0 Å². The third-order valence-electron chi connectivity index (χ3n) is 1.87. The van der Waals surface area contributed by atoms with Crippen molar-refractivity contribution < 1.29 is 19.7 Å². The molecule has 0 aromatic carbocycles. The zero-order valence-corrected chi connectivity index (χ0v) is 9.27. The van der Waals surface area contributed by atoms with Crippen LogP contribution in [0.5, 0.6) is 0 Å². The van der Waals surface area contributed by atoms with E-state index in [1.54, 1.807) is 0 Å². The molecule has 86 valence electrons. The number of aliphatic hydroxyl groups is 2. The summed E-state index contributed by atoms with van der Waals surface area (Å²) in [5.41, 5.74) is 0. The first kappa shape index (κ1) is 13.8. The van der Waals surface area contributed by atoms with Crippen molar-refractivity contribution in [1.29, 1.82) is 0 Å². The predicted molar refractivity (Wildman–Crippen MR) is 54.2 cm³/mol. The third-order valence-corrected chi connectivity index (χ3v) is 1.87. The lowest BCUT2D eigenvalue weighted by Gasteiger charge is -2.20. The van der Waals surface area contributed by atoms with Crippen molar-refractivity contribution in [2.75, 3.05) is 19.8 Å². The van der Waals surface area contributed by atoms with Gasteiger partial charge in [-0.25, -0.2) is 0 Å². The van der Waals surface area contributed by atoms with Crippen LogP contribution in [0.3, 0.4) is 0 Å². The molecule has 4 nitrogen and oxygen atoms in total. The fourth-order valence-electron chi connectivity index (χ4n) is 1.04. The molecule has 0 rings (SSSR count). The first-order valence-electron chi connectivity index (χ1n) is 5.09. The Labute approximate surface area is 85.8 Å². The van der Waals surface area contributed by atoms with Gasteiger partial charge in [-0.05, 0) is 27.2 Å². The van der Waals surface area contributed by atoms with Gasteiger partial charge in [0, 0.05) is 6.61 Å².